The number of amides is 1. The molecule has 0 saturated carbocycles. The molecule has 1 unspecified atom stereocenters. The van der Waals surface area contributed by atoms with Gasteiger partial charge in [0.05, 0.1) is 17.0 Å². The van der Waals surface area contributed by atoms with Gasteiger partial charge in [-0.05, 0) is 67.3 Å². The zero-order valence-corrected chi connectivity index (χ0v) is 20.0. The lowest BCUT2D eigenvalue weighted by atomic mass is 9.96. The summed E-state index contributed by atoms with van der Waals surface area (Å²) in [5.41, 5.74) is 3.26. The lowest BCUT2D eigenvalue weighted by molar-refractivity contribution is 0.0707. The molecule has 0 bridgehead atoms. The van der Waals surface area contributed by atoms with Crippen LogP contribution in [0.5, 0.6) is 11.5 Å². The smallest absolute Gasteiger partial charge is 0.290 e. The molecular formula is C29H27NO5. The molecule has 0 radical (unpaired) electrons. The van der Waals surface area contributed by atoms with Crippen LogP contribution in [0.15, 0.2) is 75.9 Å². The molecule has 0 spiro atoms. The number of carbonyl (C=O) groups is 1. The molecule has 6 nitrogen and oxygen atoms in total. The average molecular weight is 470 g/mol. The van der Waals surface area contributed by atoms with Gasteiger partial charge < -0.3 is 18.8 Å². The van der Waals surface area contributed by atoms with Crippen LogP contribution in [0.25, 0.3) is 11.0 Å². The highest BCUT2D eigenvalue weighted by Gasteiger charge is 2.42. The van der Waals surface area contributed by atoms with Crippen molar-refractivity contribution < 1.29 is 18.7 Å². The Balaban J connectivity index is 1.65. The van der Waals surface area contributed by atoms with Gasteiger partial charge in [0.1, 0.15) is 17.1 Å². The predicted molar refractivity (Wildman–Crippen MR) is 134 cm³/mol. The lowest BCUT2D eigenvalue weighted by Crippen LogP contribution is -2.31. The second-order valence-electron chi connectivity index (χ2n) is 8.86. The number of hydrogen-bond donors (Lipinski definition) is 0. The third kappa shape index (κ3) is 4.21. The average Bonchev–Trinajstić information content (AvgIpc) is 3.11. The Morgan fingerprint density at radius 3 is 2.49 bits per heavy atom. The van der Waals surface area contributed by atoms with Crippen LogP contribution in [0.1, 0.15) is 45.3 Å². The van der Waals surface area contributed by atoms with E-state index in [1.54, 1.807) is 12.0 Å². The van der Waals surface area contributed by atoms with Gasteiger partial charge in [-0.25, -0.2) is 0 Å². The monoisotopic (exact) mass is 469 g/mol. The van der Waals surface area contributed by atoms with Crippen molar-refractivity contribution in [1.82, 2.24) is 4.90 Å². The van der Waals surface area contributed by atoms with Crippen LogP contribution in [0.2, 0.25) is 0 Å². The first-order chi connectivity index (χ1) is 17.0. The minimum atomic E-state index is -0.574. The fraction of sp³-hybridized carbons (Fsp3) is 0.241. The molecule has 178 valence electrons. The van der Waals surface area contributed by atoms with Crippen LogP contribution in [0, 0.1) is 13.8 Å². The Bertz CT molecular complexity index is 1460. The van der Waals surface area contributed by atoms with E-state index in [1.165, 1.54) is 0 Å². The summed E-state index contributed by atoms with van der Waals surface area (Å²) in [7, 11) is 1.63. The molecule has 35 heavy (non-hydrogen) atoms. The van der Waals surface area contributed by atoms with Gasteiger partial charge in [-0.2, -0.15) is 0 Å². The molecule has 1 aliphatic rings. The number of benzene rings is 3. The maximum absolute atomic E-state index is 13.8. The van der Waals surface area contributed by atoms with Gasteiger partial charge in [0, 0.05) is 20.3 Å². The minimum Gasteiger partial charge on any atom is -0.457 e. The molecule has 3 aromatic carbocycles. The molecule has 6 heteroatoms. The molecule has 0 saturated heterocycles. The van der Waals surface area contributed by atoms with Gasteiger partial charge in [0.15, 0.2) is 5.43 Å². The molecule has 1 aliphatic heterocycles. The second kappa shape index (κ2) is 9.39. The zero-order chi connectivity index (χ0) is 24.5. The normalized spacial score (nSPS) is 15.0. The Labute approximate surface area is 203 Å². The van der Waals surface area contributed by atoms with Crippen molar-refractivity contribution in [2.24, 2.45) is 0 Å². The van der Waals surface area contributed by atoms with Crippen molar-refractivity contribution in [1.29, 1.82) is 0 Å². The Hall–Kier alpha value is -3.90. The maximum Gasteiger partial charge on any atom is 0.290 e. The van der Waals surface area contributed by atoms with E-state index in [9.17, 15) is 9.59 Å². The quantitative estimate of drug-likeness (QED) is 0.321. The molecule has 0 fully saturated rings. The first-order valence-corrected chi connectivity index (χ1v) is 11.7. The first-order valence-electron chi connectivity index (χ1n) is 11.7. The Morgan fingerprint density at radius 1 is 0.943 bits per heavy atom. The predicted octanol–water partition coefficient (Wildman–Crippen LogP) is 5.78. The molecule has 5 rings (SSSR count). The van der Waals surface area contributed by atoms with Gasteiger partial charge in [-0.3, -0.25) is 9.59 Å². The molecule has 0 aliphatic carbocycles. The molecule has 1 amide bonds. The fourth-order valence-electron chi connectivity index (χ4n) is 4.84. The number of ether oxygens (including phenoxy) is 2. The van der Waals surface area contributed by atoms with Gasteiger partial charge in [0.2, 0.25) is 5.76 Å². The molecule has 1 atom stereocenters. The molecule has 4 aromatic rings. The number of rotatable bonds is 7. The number of hydrogen-bond acceptors (Lipinski definition) is 5. The Kier molecular flexibility index (Phi) is 6.14. The summed E-state index contributed by atoms with van der Waals surface area (Å²) in [6.45, 7) is 4.78. The Morgan fingerprint density at radius 2 is 1.71 bits per heavy atom. The van der Waals surface area contributed by atoms with Crippen molar-refractivity contribution in [2.75, 3.05) is 20.3 Å². The number of carbonyl (C=O) groups excluding carboxylic acids is 1. The van der Waals surface area contributed by atoms with E-state index in [2.05, 4.69) is 0 Å². The summed E-state index contributed by atoms with van der Waals surface area (Å²) in [5.74, 6) is 1.17. The van der Waals surface area contributed by atoms with Gasteiger partial charge in [-0.1, -0.05) is 36.4 Å². The number of para-hydroxylation sites is 1. The summed E-state index contributed by atoms with van der Waals surface area (Å²) < 4.78 is 17.4. The van der Waals surface area contributed by atoms with E-state index < -0.39 is 6.04 Å². The van der Waals surface area contributed by atoms with E-state index in [0.29, 0.717) is 47.6 Å². The number of aryl methyl sites for hydroxylation is 2. The highest BCUT2D eigenvalue weighted by atomic mass is 16.5. The van der Waals surface area contributed by atoms with Crippen LogP contribution in [0.3, 0.4) is 0 Å². The third-order valence-corrected chi connectivity index (χ3v) is 6.31. The third-order valence-electron chi connectivity index (χ3n) is 6.31. The van der Waals surface area contributed by atoms with E-state index in [0.717, 1.165) is 16.7 Å². The van der Waals surface area contributed by atoms with Crippen molar-refractivity contribution in [3.8, 4) is 11.5 Å². The van der Waals surface area contributed by atoms with Gasteiger partial charge in [0.25, 0.3) is 5.91 Å². The minimum absolute atomic E-state index is 0.115. The van der Waals surface area contributed by atoms with Gasteiger partial charge >= 0.3 is 0 Å². The fourth-order valence-corrected chi connectivity index (χ4v) is 4.84. The molecule has 2 heterocycles. The summed E-state index contributed by atoms with van der Waals surface area (Å²) in [6, 6.07) is 20.2. The second-order valence-corrected chi connectivity index (χ2v) is 8.86. The van der Waals surface area contributed by atoms with E-state index in [1.807, 2.05) is 80.6 Å². The van der Waals surface area contributed by atoms with Crippen molar-refractivity contribution in [3.05, 3.63) is 105 Å². The first kappa shape index (κ1) is 22.9. The van der Waals surface area contributed by atoms with E-state index in [-0.39, 0.29) is 17.1 Å². The van der Waals surface area contributed by atoms with Crippen molar-refractivity contribution in [2.45, 2.75) is 26.3 Å². The largest absolute Gasteiger partial charge is 0.457 e. The molecular weight excluding hydrogens is 442 g/mol. The van der Waals surface area contributed by atoms with Crippen molar-refractivity contribution in [3.63, 3.8) is 0 Å². The van der Waals surface area contributed by atoms with Crippen LogP contribution < -0.4 is 10.2 Å². The SMILES string of the molecule is COCCCN1C(=O)c2oc3cc(C)cc(C)c3c(=O)c2C1c1cccc(Oc2ccccc2)c1. The number of methoxy groups -OCH3 is 1. The topological polar surface area (TPSA) is 69.0 Å². The number of fused-ring (bicyclic) bond motifs is 2. The van der Waals surface area contributed by atoms with Crippen LogP contribution >= 0.6 is 0 Å². The zero-order valence-electron chi connectivity index (χ0n) is 20.0. The standard InChI is InChI=1S/C29H27NO5/c1-18-15-19(2)24-23(16-18)35-28-25(27(24)31)26(30(29(28)32)13-8-14-33-3)20-9-7-12-22(17-20)34-21-10-5-4-6-11-21/h4-7,9-12,15-17,26H,8,13-14H2,1-3H3. The molecule has 1 aromatic heterocycles. The van der Waals surface area contributed by atoms with E-state index in [4.69, 9.17) is 13.9 Å². The summed E-state index contributed by atoms with van der Waals surface area (Å²) in [5, 5.41) is 0.516. The van der Waals surface area contributed by atoms with E-state index >= 15 is 0 Å². The maximum atomic E-state index is 13.8. The summed E-state index contributed by atoms with van der Waals surface area (Å²) >= 11 is 0. The summed E-state index contributed by atoms with van der Waals surface area (Å²) in [6.07, 6.45) is 0.638. The van der Waals surface area contributed by atoms with Crippen LogP contribution in [-0.2, 0) is 4.74 Å². The number of nitrogens with zero attached hydrogens (tertiary/aromatic N) is 1. The van der Waals surface area contributed by atoms with Crippen molar-refractivity contribution >= 4 is 16.9 Å². The van der Waals surface area contributed by atoms with Crippen LogP contribution in [0.4, 0.5) is 0 Å². The van der Waals surface area contributed by atoms with Crippen LogP contribution in [-0.4, -0.2) is 31.1 Å². The highest BCUT2D eigenvalue weighted by Crippen LogP contribution is 2.40. The molecule has 0 N–H and O–H groups in total. The summed E-state index contributed by atoms with van der Waals surface area (Å²) in [4.78, 5) is 29.1. The van der Waals surface area contributed by atoms with Gasteiger partial charge in [-0.15, -0.1) is 0 Å². The lowest BCUT2D eigenvalue weighted by Gasteiger charge is -2.25. The highest BCUT2D eigenvalue weighted by molar-refractivity contribution is 5.99.